The molecular formula is C17H16F2N4OS. The van der Waals surface area contributed by atoms with Gasteiger partial charge >= 0.3 is 0 Å². The average Bonchev–Trinajstić information content (AvgIpc) is 3.22. The van der Waals surface area contributed by atoms with E-state index in [2.05, 4.69) is 15.4 Å². The van der Waals surface area contributed by atoms with Crippen LogP contribution in [0, 0.1) is 0 Å². The second-order valence-electron chi connectivity index (χ2n) is 5.38. The first kappa shape index (κ1) is 17.2. The molecule has 0 aliphatic carbocycles. The molecule has 5 nitrogen and oxygen atoms in total. The highest BCUT2D eigenvalue weighted by Crippen LogP contribution is 2.24. The first-order valence-corrected chi connectivity index (χ1v) is 8.52. The Balaban J connectivity index is 1.59. The van der Waals surface area contributed by atoms with Gasteiger partial charge in [0.05, 0.1) is 17.5 Å². The predicted molar refractivity (Wildman–Crippen MR) is 91.8 cm³/mol. The molecule has 3 aromatic rings. The van der Waals surface area contributed by atoms with E-state index in [-0.39, 0.29) is 11.3 Å². The molecule has 0 aliphatic heterocycles. The van der Waals surface area contributed by atoms with Gasteiger partial charge in [0.15, 0.2) is 0 Å². The zero-order chi connectivity index (χ0) is 17.8. The fourth-order valence-electron chi connectivity index (χ4n) is 2.42. The number of thiazole rings is 1. The predicted octanol–water partition coefficient (Wildman–Crippen LogP) is 3.45. The zero-order valence-electron chi connectivity index (χ0n) is 13.4. The fourth-order valence-corrected chi connectivity index (χ4v) is 3.28. The van der Waals surface area contributed by atoms with Crippen LogP contribution in [0.1, 0.15) is 28.2 Å². The number of halogens is 2. The molecule has 0 aliphatic rings. The van der Waals surface area contributed by atoms with E-state index < -0.39 is 12.3 Å². The summed E-state index contributed by atoms with van der Waals surface area (Å²) in [5.74, 6) is -0.554. The van der Waals surface area contributed by atoms with Crippen molar-refractivity contribution < 1.29 is 13.6 Å². The Morgan fingerprint density at radius 1 is 1.32 bits per heavy atom. The van der Waals surface area contributed by atoms with E-state index in [9.17, 15) is 13.6 Å². The standard InChI is InChI=1S/C17H16F2N4OS/c1-23-14(15(18)19)13(9-21-23)16(24)20-8-7-12-10-25-17(22-12)11-5-3-2-4-6-11/h2-6,9-10,15H,7-8H2,1H3,(H,20,24). The summed E-state index contributed by atoms with van der Waals surface area (Å²) in [6, 6.07) is 9.81. The third kappa shape index (κ3) is 3.90. The van der Waals surface area contributed by atoms with Crippen LogP contribution < -0.4 is 5.32 Å². The Labute approximate surface area is 147 Å². The highest BCUT2D eigenvalue weighted by Gasteiger charge is 2.22. The van der Waals surface area contributed by atoms with Gasteiger partial charge in [-0.1, -0.05) is 30.3 Å². The summed E-state index contributed by atoms with van der Waals surface area (Å²) in [5, 5.41) is 9.22. The Hall–Kier alpha value is -2.61. The Kier molecular flexibility index (Phi) is 5.18. The third-order valence-electron chi connectivity index (χ3n) is 3.68. The topological polar surface area (TPSA) is 59.8 Å². The molecule has 1 N–H and O–H groups in total. The van der Waals surface area contributed by atoms with Crippen LogP contribution in [0.2, 0.25) is 0 Å². The minimum Gasteiger partial charge on any atom is -0.352 e. The molecular weight excluding hydrogens is 346 g/mol. The molecule has 1 aromatic carbocycles. The van der Waals surface area contributed by atoms with Crippen LogP contribution in [0.15, 0.2) is 41.9 Å². The van der Waals surface area contributed by atoms with Crippen LogP contribution in [0.4, 0.5) is 8.78 Å². The molecule has 130 valence electrons. The maximum atomic E-state index is 13.0. The average molecular weight is 362 g/mol. The number of nitrogens with one attached hydrogen (secondary N) is 1. The molecule has 0 saturated heterocycles. The smallest absolute Gasteiger partial charge is 0.280 e. The minimum atomic E-state index is -2.75. The molecule has 25 heavy (non-hydrogen) atoms. The molecule has 0 unspecified atom stereocenters. The summed E-state index contributed by atoms with van der Waals surface area (Å²) < 4.78 is 27.0. The molecule has 3 rings (SSSR count). The quantitative estimate of drug-likeness (QED) is 0.731. The number of carbonyl (C=O) groups excluding carboxylic acids is 1. The van der Waals surface area contributed by atoms with E-state index >= 15 is 0 Å². The number of amides is 1. The number of hydrogen-bond donors (Lipinski definition) is 1. The summed E-state index contributed by atoms with van der Waals surface area (Å²) in [4.78, 5) is 16.6. The van der Waals surface area contributed by atoms with Crippen molar-refractivity contribution in [1.29, 1.82) is 0 Å². The van der Waals surface area contributed by atoms with Crippen LogP contribution in [0.5, 0.6) is 0 Å². The molecule has 1 amide bonds. The number of benzene rings is 1. The Bertz CT molecular complexity index is 861. The molecule has 2 aromatic heterocycles. The van der Waals surface area contributed by atoms with Crippen molar-refractivity contribution in [2.75, 3.05) is 6.54 Å². The van der Waals surface area contributed by atoms with Gasteiger partial charge in [-0.25, -0.2) is 13.8 Å². The summed E-state index contributed by atoms with van der Waals surface area (Å²) in [6.45, 7) is 0.314. The van der Waals surface area contributed by atoms with Gasteiger partial charge in [0.1, 0.15) is 10.7 Å². The van der Waals surface area contributed by atoms with Crippen LogP contribution >= 0.6 is 11.3 Å². The van der Waals surface area contributed by atoms with Crippen molar-refractivity contribution in [1.82, 2.24) is 20.1 Å². The maximum absolute atomic E-state index is 13.0. The van der Waals surface area contributed by atoms with Crippen LogP contribution in [-0.2, 0) is 13.5 Å². The normalized spacial score (nSPS) is 11.0. The van der Waals surface area contributed by atoms with Crippen molar-refractivity contribution >= 4 is 17.2 Å². The number of rotatable bonds is 6. The van der Waals surface area contributed by atoms with E-state index in [0.29, 0.717) is 13.0 Å². The maximum Gasteiger partial charge on any atom is 0.280 e. The Morgan fingerprint density at radius 2 is 2.08 bits per heavy atom. The number of aromatic nitrogens is 3. The van der Waals surface area contributed by atoms with Gasteiger partial charge in [0.25, 0.3) is 12.3 Å². The molecule has 0 atom stereocenters. The Morgan fingerprint density at radius 3 is 2.80 bits per heavy atom. The van der Waals surface area contributed by atoms with Crippen molar-refractivity contribution in [3.63, 3.8) is 0 Å². The molecule has 0 bridgehead atoms. The fraction of sp³-hybridized carbons (Fsp3) is 0.235. The molecule has 0 fully saturated rings. The third-order valence-corrected chi connectivity index (χ3v) is 4.62. The van der Waals surface area contributed by atoms with Gasteiger partial charge < -0.3 is 5.32 Å². The van der Waals surface area contributed by atoms with Crippen molar-refractivity contribution in [2.24, 2.45) is 7.05 Å². The molecule has 0 saturated carbocycles. The lowest BCUT2D eigenvalue weighted by molar-refractivity contribution is 0.0937. The van der Waals surface area contributed by atoms with Crippen LogP contribution in [-0.4, -0.2) is 27.2 Å². The minimum absolute atomic E-state index is 0.0965. The lowest BCUT2D eigenvalue weighted by atomic mass is 10.2. The number of carbonyl (C=O) groups is 1. The van der Waals surface area contributed by atoms with Gasteiger partial charge in [-0.05, 0) is 0 Å². The summed E-state index contributed by atoms with van der Waals surface area (Å²) >= 11 is 1.53. The van der Waals surface area contributed by atoms with Crippen molar-refractivity contribution in [3.8, 4) is 10.6 Å². The number of hydrogen-bond acceptors (Lipinski definition) is 4. The molecule has 2 heterocycles. The van der Waals surface area contributed by atoms with Gasteiger partial charge in [-0.2, -0.15) is 5.10 Å². The molecule has 0 spiro atoms. The lowest BCUT2D eigenvalue weighted by Crippen LogP contribution is -2.26. The van der Waals surface area contributed by atoms with Gasteiger partial charge in [0, 0.05) is 31.0 Å². The summed E-state index contributed by atoms with van der Waals surface area (Å²) in [5.41, 5.74) is 1.42. The van der Waals surface area contributed by atoms with Crippen LogP contribution in [0.3, 0.4) is 0 Å². The first-order chi connectivity index (χ1) is 12.1. The number of nitrogens with zero attached hydrogens (tertiary/aromatic N) is 3. The first-order valence-electron chi connectivity index (χ1n) is 7.64. The van der Waals surface area contributed by atoms with Crippen molar-refractivity contribution in [3.05, 3.63) is 58.9 Å². The van der Waals surface area contributed by atoms with Gasteiger partial charge in [-0.15, -0.1) is 11.3 Å². The second kappa shape index (κ2) is 7.52. The van der Waals surface area contributed by atoms with E-state index in [1.54, 1.807) is 0 Å². The monoisotopic (exact) mass is 362 g/mol. The van der Waals surface area contributed by atoms with E-state index in [1.807, 2.05) is 35.7 Å². The highest BCUT2D eigenvalue weighted by atomic mass is 32.1. The highest BCUT2D eigenvalue weighted by molar-refractivity contribution is 7.13. The van der Waals surface area contributed by atoms with Gasteiger partial charge in [0.2, 0.25) is 0 Å². The van der Waals surface area contributed by atoms with Gasteiger partial charge in [-0.3, -0.25) is 9.48 Å². The molecule has 8 heteroatoms. The van der Waals surface area contributed by atoms with E-state index in [0.717, 1.165) is 27.1 Å². The SMILES string of the molecule is Cn1ncc(C(=O)NCCc2csc(-c3ccccc3)n2)c1C(F)F. The number of aryl methyl sites for hydroxylation is 1. The summed E-state index contributed by atoms with van der Waals surface area (Å²) in [7, 11) is 1.39. The van der Waals surface area contributed by atoms with Crippen molar-refractivity contribution in [2.45, 2.75) is 12.8 Å². The largest absolute Gasteiger partial charge is 0.352 e. The van der Waals surface area contributed by atoms with E-state index in [4.69, 9.17) is 0 Å². The number of alkyl halides is 2. The van der Waals surface area contributed by atoms with E-state index in [1.165, 1.54) is 18.4 Å². The lowest BCUT2D eigenvalue weighted by Gasteiger charge is -2.06. The zero-order valence-corrected chi connectivity index (χ0v) is 14.3. The molecule has 0 radical (unpaired) electrons. The van der Waals surface area contributed by atoms with Crippen LogP contribution in [0.25, 0.3) is 10.6 Å². The second-order valence-corrected chi connectivity index (χ2v) is 6.24. The summed E-state index contributed by atoms with van der Waals surface area (Å²) in [6.07, 6.45) is -1.06.